The minimum absolute atomic E-state index is 0.261. The fourth-order valence-electron chi connectivity index (χ4n) is 1.26. The predicted molar refractivity (Wildman–Crippen MR) is 74.6 cm³/mol. The minimum atomic E-state index is 0.261. The summed E-state index contributed by atoms with van der Waals surface area (Å²) in [6, 6.07) is 20.6. The number of nitrogens with zero attached hydrogens (tertiary/aromatic N) is 1. The molecule has 0 fully saturated rings. The van der Waals surface area contributed by atoms with Gasteiger partial charge in [-0.1, -0.05) is 36.4 Å². The Bertz CT molecular complexity index is 486. The van der Waals surface area contributed by atoms with E-state index in [0.717, 1.165) is 0 Å². The first-order valence-electron chi connectivity index (χ1n) is 5.72. The lowest BCUT2D eigenvalue weighted by atomic mass is 10.3. The second kappa shape index (κ2) is 8.37. The van der Waals surface area contributed by atoms with Gasteiger partial charge in [0.05, 0.1) is 6.07 Å². The molecule has 0 atom stereocenters. The van der Waals surface area contributed by atoms with Gasteiger partial charge < -0.3 is 9.47 Å². The van der Waals surface area contributed by atoms with Gasteiger partial charge in [0, 0.05) is 6.92 Å². The Balaban J connectivity index is 0.000000550. The topological polar surface area (TPSA) is 42.2 Å². The van der Waals surface area contributed by atoms with Gasteiger partial charge in [0.2, 0.25) is 0 Å². The molecular weight excluding hydrogens is 238 g/mol. The van der Waals surface area contributed by atoms with Crippen molar-refractivity contribution in [3.8, 4) is 17.6 Å². The molecule has 2 aromatic carbocycles. The van der Waals surface area contributed by atoms with E-state index in [-0.39, 0.29) is 5.95 Å². The number of hydrogen-bond acceptors (Lipinski definition) is 3. The van der Waals surface area contributed by atoms with Gasteiger partial charge in [-0.05, 0) is 30.8 Å². The third-order valence-electron chi connectivity index (χ3n) is 1.95. The lowest BCUT2D eigenvalue weighted by Gasteiger charge is -2.09. The Morgan fingerprint density at radius 2 is 1.21 bits per heavy atom. The molecule has 3 nitrogen and oxygen atoms in total. The zero-order valence-electron chi connectivity index (χ0n) is 10.7. The van der Waals surface area contributed by atoms with Crippen LogP contribution in [-0.4, -0.2) is 0 Å². The SMILES string of the molecule is C=C(Oc1ccccc1)Oc1ccccc1.CC#N. The number of para-hydroxylation sites is 2. The van der Waals surface area contributed by atoms with Crippen molar-refractivity contribution >= 4 is 0 Å². The zero-order chi connectivity index (χ0) is 13.9. The Hall–Kier alpha value is -2.73. The van der Waals surface area contributed by atoms with Crippen molar-refractivity contribution in [3.63, 3.8) is 0 Å². The third-order valence-corrected chi connectivity index (χ3v) is 1.95. The van der Waals surface area contributed by atoms with Crippen LogP contribution in [-0.2, 0) is 0 Å². The molecule has 0 saturated carbocycles. The summed E-state index contributed by atoms with van der Waals surface area (Å²) in [5.41, 5.74) is 0. The number of rotatable bonds is 4. The average Bonchev–Trinajstić information content (AvgIpc) is 2.41. The second-order valence-electron chi connectivity index (χ2n) is 3.43. The van der Waals surface area contributed by atoms with Crippen molar-refractivity contribution in [2.45, 2.75) is 6.92 Å². The molecule has 0 aromatic heterocycles. The summed E-state index contributed by atoms with van der Waals surface area (Å²) in [7, 11) is 0. The summed E-state index contributed by atoms with van der Waals surface area (Å²) in [6.45, 7) is 5.13. The molecule has 2 aromatic rings. The molecule has 0 aliphatic rings. The number of hydrogen-bond donors (Lipinski definition) is 0. The normalized spacial score (nSPS) is 8.42. The molecule has 96 valence electrons. The minimum Gasteiger partial charge on any atom is -0.426 e. The highest BCUT2D eigenvalue weighted by molar-refractivity contribution is 5.25. The molecule has 0 heterocycles. The van der Waals surface area contributed by atoms with Crippen LogP contribution in [0.2, 0.25) is 0 Å². The van der Waals surface area contributed by atoms with E-state index in [1.807, 2.05) is 60.7 Å². The van der Waals surface area contributed by atoms with Crippen molar-refractivity contribution in [2.75, 3.05) is 0 Å². The quantitative estimate of drug-likeness (QED) is 0.769. The van der Waals surface area contributed by atoms with E-state index in [4.69, 9.17) is 14.7 Å². The lowest BCUT2D eigenvalue weighted by Crippen LogP contribution is -2.01. The van der Waals surface area contributed by atoms with Crippen molar-refractivity contribution in [2.24, 2.45) is 0 Å². The van der Waals surface area contributed by atoms with Gasteiger partial charge >= 0.3 is 0 Å². The Kier molecular flexibility index (Phi) is 6.32. The van der Waals surface area contributed by atoms with Gasteiger partial charge in [0.15, 0.2) is 0 Å². The van der Waals surface area contributed by atoms with Gasteiger partial charge in [0.25, 0.3) is 5.95 Å². The first-order valence-corrected chi connectivity index (χ1v) is 5.72. The summed E-state index contributed by atoms with van der Waals surface area (Å²) in [4.78, 5) is 0. The molecule has 0 amide bonds. The molecule has 0 N–H and O–H groups in total. The highest BCUT2D eigenvalue weighted by Gasteiger charge is 1.99. The second-order valence-corrected chi connectivity index (χ2v) is 3.43. The average molecular weight is 253 g/mol. The number of benzene rings is 2. The molecule has 0 radical (unpaired) electrons. The van der Waals surface area contributed by atoms with Gasteiger partial charge in [-0.3, -0.25) is 0 Å². The molecule has 19 heavy (non-hydrogen) atoms. The monoisotopic (exact) mass is 253 g/mol. The van der Waals surface area contributed by atoms with E-state index in [0.29, 0.717) is 11.5 Å². The molecule has 2 rings (SSSR count). The fourth-order valence-corrected chi connectivity index (χ4v) is 1.26. The van der Waals surface area contributed by atoms with Crippen molar-refractivity contribution in [1.29, 1.82) is 5.26 Å². The maximum atomic E-state index is 7.32. The Morgan fingerprint density at radius 3 is 1.53 bits per heavy atom. The van der Waals surface area contributed by atoms with E-state index in [1.165, 1.54) is 6.92 Å². The summed E-state index contributed by atoms with van der Waals surface area (Å²) in [5, 5.41) is 7.32. The van der Waals surface area contributed by atoms with E-state index >= 15 is 0 Å². The fraction of sp³-hybridized carbons (Fsp3) is 0.0625. The molecule has 0 bridgehead atoms. The molecule has 0 spiro atoms. The van der Waals surface area contributed by atoms with E-state index in [2.05, 4.69) is 6.58 Å². The molecule has 0 aliphatic carbocycles. The maximum Gasteiger partial charge on any atom is 0.282 e. The zero-order valence-corrected chi connectivity index (χ0v) is 10.7. The third kappa shape index (κ3) is 5.94. The van der Waals surface area contributed by atoms with E-state index in [9.17, 15) is 0 Å². The van der Waals surface area contributed by atoms with Gasteiger partial charge in [-0.2, -0.15) is 5.26 Å². The molecule has 3 heteroatoms. The Labute approximate surface area is 113 Å². The van der Waals surface area contributed by atoms with E-state index < -0.39 is 0 Å². The van der Waals surface area contributed by atoms with Crippen LogP contribution in [0.5, 0.6) is 11.5 Å². The van der Waals surface area contributed by atoms with Crippen molar-refractivity contribution < 1.29 is 9.47 Å². The van der Waals surface area contributed by atoms with Crippen molar-refractivity contribution in [3.05, 3.63) is 73.2 Å². The lowest BCUT2D eigenvalue weighted by molar-refractivity contribution is 0.229. The van der Waals surface area contributed by atoms with Crippen LogP contribution in [0.3, 0.4) is 0 Å². The molecule has 0 unspecified atom stereocenters. The summed E-state index contributed by atoms with van der Waals surface area (Å²) >= 11 is 0. The summed E-state index contributed by atoms with van der Waals surface area (Å²) < 4.78 is 10.8. The number of ether oxygens (including phenoxy) is 2. The highest BCUT2D eigenvalue weighted by Crippen LogP contribution is 2.16. The summed E-state index contributed by atoms with van der Waals surface area (Å²) in [6.07, 6.45) is 0. The summed E-state index contributed by atoms with van der Waals surface area (Å²) in [5.74, 6) is 1.68. The highest BCUT2D eigenvalue weighted by atomic mass is 16.7. The smallest absolute Gasteiger partial charge is 0.282 e. The molecule has 0 aliphatic heterocycles. The van der Waals surface area contributed by atoms with Crippen LogP contribution >= 0.6 is 0 Å². The van der Waals surface area contributed by atoms with Gasteiger partial charge in [0.1, 0.15) is 11.5 Å². The van der Waals surface area contributed by atoms with Crippen LogP contribution in [0, 0.1) is 11.3 Å². The van der Waals surface area contributed by atoms with Crippen LogP contribution in [0.25, 0.3) is 0 Å². The first kappa shape index (κ1) is 14.3. The van der Waals surface area contributed by atoms with E-state index in [1.54, 1.807) is 6.07 Å². The van der Waals surface area contributed by atoms with Crippen molar-refractivity contribution in [1.82, 2.24) is 0 Å². The number of nitriles is 1. The van der Waals surface area contributed by atoms with Gasteiger partial charge in [-0.15, -0.1) is 0 Å². The maximum absolute atomic E-state index is 7.32. The first-order chi connectivity index (χ1) is 9.26. The van der Waals surface area contributed by atoms with Crippen LogP contribution < -0.4 is 9.47 Å². The van der Waals surface area contributed by atoms with Gasteiger partial charge in [-0.25, -0.2) is 0 Å². The standard InChI is InChI=1S/C14H12O2.C2H3N/c1-12(15-13-8-4-2-5-9-13)16-14-10-6-3-7-11-14;1-2-3/h2-11H,1H2;1H3. The predicted octanol–water partition coefficient (Wildman–Crippen LogP) is 4.15. The van der Waals surface area contributed by atoms with Crippen LogP contribution in [0.15, 0.2) is 73.2 Å². The molecule has 0 saturated heterocycles. The Morgan fingerprint density at radius 1 is 0.895 bits per heavy atom. The largest absolute Gasteiger partial charge is 0.426 e. The van der Waals surface area contributed by atoms with Crippen LogP contribution in [0.4, 0.5) is 0 Å². The molecular formula is C16H15NO2. The van der Waals surface area contributed by atoms with Crippen LogP contribution in [0.1, 0.15) is 6.92 Å².